The van der Waals surface area contributed by atoms with Crippen molar-refractivity contribution in [2.75, 3.05) is 6.61 Å². The number of esters is 1. The minimum absolute atomic E-state index is 0. The molecule has 2 aliphatic rings. The van der Waals surface area contributed by atoms with E-state index in [4.69, 9.17) is 4.74 Å². The SMILES string of the molecule is CCOC(=O)C[C@H](C)[C]1[CH][CH][CH][CH]1.[CH]1[CH][CH][CH][CH]1.[Fe]. The largest absolute Gasteiger partial charge is 0.466 e. The van der Waals surface area contributed by atoms with Crippen molar-refractivity contribution in [2.24, 2.45) is 5.92 Å². The molecule has 1 atom stereocenters. The monoisotopic (exact) mass is 300 g/mol. The van der Waals surface area contributed by atoms with Crippen LogP contribution in [0.4, 0.5) is 0 Å². The van der Waals surface area contributed by atoms with Gasteiger partial charge >= 0.3 is 5.97 Å². The van der Waals surface area contributed by atoms with Crippen LogP contribution in [0.5, 0.6) is 0 Å². The van der Waals surface area contributed by atoms with Gasteiger partial charge in [0.15, 0.2) is 0 Å². The summed E-state index contributed by atoms with van der Waals surface area (Å²) >= 11 is 0. The molecular weight excluding hydrogens is 280 g/mol. The van der Waals surface area contributed by atoms with E-state index in [1.54, 1.807) is 0 Å². The summed E-state index contributed by atoms with van der Waals surface area (Å²) in [7, 11) is 0. The first-order valence-corrected chi connectivity index (χ1v) is 6.28. The van der Waals surface area contributed by atoms with Gasteiger partial charge < -0.3 is 4.74 Å². The van der Waals surface area contributed by atoms with E-state index < -0.39 is 0 Å². The van der Waals surface area contributed by atoms with Crippen molar-refractivity contribution in [3.8, 4) is 0 Å². The Morgan fingerprint density at radius 3 is 1.95 bits per heavy atom. The molecule has 0 bridgehead atoms. The van der Waals surface area contributed by atoms with E-state index >= 15 is 0 Å². The van der Waals surface area contributed by atoms with Crippen molar-refractivity contribution in [3.63, 3.8) is 0 Å². The van der Waals surface area contributed by atoms with Crippen molar-refractivity contribution < 1.29 is 26.6 Å². The van der Waals surface area contributed by atoms with Crippen molar-refractivity contribution >= 4 is 5.97 Å². The van der Waals surface area contributed by atoms with Crippen LogP contribution in [-0.2, 0) is 26.6 Å². The van der Waals surface area contributed by atoms with Crippen LogP contribution in [0.3, 0.4) is 0 Å². The number of carbonyl (C=O) groups is 1. The third kappa shape index (κ3) is 8.70. The Hall–Kier alpha value is -0.0105. The predicted octanol–water partition coefficient (Wildman–Crippen LogP) is 3.00. The average molecular weight is 300 g/mol. The maximum atomic E-state index is 11.1. The Kier molecular flexibility index (Phi) is 11.8. The maximum Gasteiger partial charge on any atom is 0.306 e. The number of hydrogen-bond donors (Lipinski definition) is 0. The van der Waals surface area contributed by atoms with Crippen molar-refractivity contribution in [1.82, 2.24) is 0 Å². The normalized spacial score (nSPS) is 20.1. The molecule has 2 aliphatic carbocycles. The van der Waals surface area contributed by atoms with Crippen LogP contribution in [-0.4, -0.2) is 12.6 Å². The molecule has 2 nitrogen and oxygen atoms in total. The van der Waals surface area contributed by atoms with Gasteiger partial charge in [0.25, 0.3) is 0 Å². The minimum Gasteiger partial charge on any atom is -0.466 e. The van der Waals surface area contributed by atoms with Crippen molar-refractivity contribution in [3.05, 3.63) is 63.7 Å². The fourth-order valence-electron chi connectivity index (χ4n) is 1.63. The van der Waals surface area contributed by atoms with Gasteiger partial charge in [0, 0.05) is 23.5 Å². The fraction of sp³-hybridized carbons (Fsp3) is 0.312. The van der Waals surface area contributed by atoms with Crippen LogP contribution >= 0.6 is 0 Å². The summed E-state index contributed by atoms with van der Waals surface area (Å²) < 4.78 is 4.87. The van der Waals surface area contributed by atoms with Gasteiger partial charge in [-0.1, -0.05) is 6.92 Å². The van der Waals surface area contributed by atoms with Gasteiger partial charge in [-0.05, 0) is 76.5 Å². The summed E-state index contributed by atoms with van der Waals surface area (Å²) in [5, 5.41) is 0. The van der Waals surface area contributed by atoms with E-state index in [-0.39, 0.29) is 29.0 Å². The summed E-state index contributed by atoms with van der Waals surface area (Å²) in [5.41, 5.74) is 0. The predicted molar refractivity (Wildman–Crippen MR) is 72.4 cm³/mol. The minimum atomic E-state index is -0.115. The molecule has 0 aromatic carbocycles. The molecule has 0 saturated heterocycles. The van der Waals surface area contributed by atoms with Crippen molar-refractivity contribution in [1.29, 1.82) is 0 Å². The van der Waals surface area contributed by atoms with Crippen LogP contribution in [0, 0.1) is 69.6 Å². The van der Waals surface area contributed by atoms with Gasteiger partial charge in [0.1, 0.15) is 0 Å². The van der Waals surface area contributed by atoms with Crippen LogP contribution in [0.25, 0.3) is 0 Å². The van der Waals surface area contributed by atoms with E-state index in [2.05, 4.69) is 0 Å². The maximum absolute atomic E-state index is 11.1. The molecule has 2 fully saturated rings. The molecule has 0 spiro atoms. The smallest absolute Gasteiger partial charge is 0.306 e. The molecular formula is C16H20FeO2. The Balaban J connectivity index is 0.000000454. The second kappa shape index (κ2) is 11.8. The van der Waals surface area contributed by atoms with Crippen LogP contribution < -0.4 is 0 Å². The first-order valence-electron chi connectivity index (χ1n) is 6.28. The van der Waals surface area contributed by atoms with Gasteiger partial charge in [-0.25, -0.2) is 0 Å². The van der Waals surface area contributed by atoms with E-state index in [0.717, 1.165) is 0 Å². The molecule has 0 aliphatic heterocycles. The number of rotatable bonds is 4. The van der Waals surface area contributed by atoms with Gasteiger partial charge in [0.2, 0.25) is 0 Å². The van der Waals surface area contributed by atoms with E-state index in [0.29, 0.717) is 13.0 Å². The standard InChI is InChI=1S/C11H15O2.C5H5.Fe/c1-3-13-11(12)8-9(2)10-6-4-5-7-10;1-2-4-5-3-1;/h4-7,9H,3,8H2,1-2H3;1-5H;/t9-;;/m0../s1. The van der Waals surface area contributed by atoms with Crippen molar-refractivity contribution in [2.45, 2.75) is 20.3 Å². The fourth-order valence-corrected chi connectivity index (χ4v) is 1.63. The number of ether oxygens (including phenoxy) is 1. The molecule has 19 heavy (non-hydrogen) atoms. The van der Waals surface area contributed by atoms with Gasteiger partial charge in [-0.2, -0.15) is 0 Å². The topological polar surface area (TPSA) is 26.3 Å². The molecule has 3 heteroatoms. The number of hydrogen-bond acceptors (Lipinski definition) is 2. The third-order valence-electron chi connectivity index (χ3n) is 2.59. The Morgan fingerprint density at radius 1 is 1.05 bits per heavy atom. The first-order chi connectivity index (χ1) is 8.74. The molecule has 0 N–H and O–H groups in total. The zero-order valence-corrected chi connectivity index (χ0v) is 12.5. The summed E-state index contributed by atoms with van der Waals surface area (Å²) in [5.74, 6) is 1.35. The second-order valence-electron chi connectivity index (χ2n) is 4.09. The summed E-state index contributed by atoms with van der Waals surface area (Å²) in [6.07, 6.45) is 18.5. The van der Waals surface area contributed by atoms with Crippen LogP contribution in [0.15, 0.2) is 0 Å². The summed E-state index contributed by atoms with van der Waals surface area (Å²) in [6, 6.07) is 0. The molecule has 0 heterocycles. The van der Waals surface area contributed by atoms with E-state index in [9.17, 15) is 4.79 Å². The molecule has 104 valence electrons. The molecule has 2 rings (SSSR count). The summed E-state index contributed by atoms with van der Waals surface area (Å²) in [4.78, 5) is 11.1. The second-order valence-corrected chi connectivity index (χ2v) is 4.09. The molecule has 0 aromatic rings. The summed E-state index contributed by atoms with van der Waals surface area (Å²) in [6.45, 7) is 4.32. The Bertz CT molecular complexity index is 213. The first kappa shape index (κ1) is 19.0. The van der Waals surface area contributed by atoms with E-state index in [1.165, 1.54) is 5.92 Å². The molecule has 0 aromatic heterocycles. The molecule has 2 saturated carbocycles. The average Bonchev–Trinajstić information content (AvgIpc) is 3.06. The Labute approximate surface area is 129 Å². The molecule has 0 unspecified atom stereocenters. The molecule has 0 amide bonds. The quantitative estimate of drug-likeness (QED) is 0.589. The van der Waals surface area contributed by atoms with E-state index in [1.807, 2.05) is 71.6 Å². The van der Waals surface area contributed by atoms with Gasteiger partial charge in [0.05, 0.1) is 6.61 Å². The van der Waals surface area contributed by atoms with Gasteiger partial charge in [-0.3, -0.25) is 4.79 Å². The third-order valence-corrected chi connectivity index (χ3v) is 2.59. The Morgan fingerprint density at radius 2 is 1.53 bits per heavy atom. The molecule has 10 radical (unpaired) electrons. The zero-order valence-electron chi connectivity index (χ0n) is 11.4. The van der Waals surface area contributed by atoms with Crippen LogP contribution in [0.1, 0.15) is 20.3 Å². The number of carbonyl (C=O) groups excluding carboxylic acids is 1. The zero-order chi connectivity index (χ0) is 13.2. The van der Waals surface area contributed by atoms with Crippen LogP contribution in [0.2, 0.25) is 0 Å². The van der Waals surface area contributed by atoms with Gasteiger partial charge in [-0.15, -0.1) is 0 Å².